The van der Waals surface area contributed by atoms with Crippen molar-refractivity contribution >= 4 is 40.2 Å². The van der Waals surface area contributed by atoms with Crippen molar-refractivity contribution in [2.45, 2.75) is 0 Å². The van der Waals surface area contributed by atoms with E-state index in [0.717, 1.165) is 48.8 Å². The molecule has 1 fully saturated rings. The molecule has 2 N–H and O–H groups in total. The van der Waals surface area contributed by atoms with Gasteiger partial charge in [0.2, 0.25) is 0 Å². The zero-order chi connectivity index (χ0) is 22.1. The molecule has 2 aliphatic rings. The quantitative estimate of drug-likeness (QED) is 0.474. The van der Waals surface area contributed by atoms with Crippen molar-refractivity contribution in [3.63, 3.8) is 0 Å². The molecule has 0 saturated carbocycles. The van der Waals surface area contributed by atoms with Crippen LogP contribution in [0.5, 0.6) is 0 Å². The molecule has 3 aromatic rings. The molecule has 8 heteroatoms. The van der Waals surface area contributed by atoms with Crippen LogP contribution >= 0.6 is 11.3 Å². The van der Waals surface area contributed by atoms with Crippen molar-refractivity contribution in [3.8, 4) is 11.1 Å². The highest BCUT2D eigenvalue weighted by Crippen LogP contribution is 2.30. The monoisotopic (exact) mass is 445 g/mol. The van der Waals surface area contributed by atoms with E-state index in [0.29, 0.717) is 16.7 Å². The highest BCUT2D eigenvalue weighted by Gasteiger charge is 2.27. The van der Waals surface area contributed by atoms with E-state index >= 15 is 0 Å². The highest BCUT2D eigenvalue weighted by molar-refractivity contribution is 7.08. The molecular weight excluding hydrogens is 422 g/mol. The third kappa shape index (κ3) is 4.02. The molecule has 7 nitrogen and oxygen atoms in total. The summed E-state index contributed by atoms with van der Waals surface area (Å²) in [7, 11) is 2.13. The lowest BCUT2D eigenvalue weighted by Crippen LogP contribution is -2.44. The van der Waals surface area contributed by atoms with Gasteiger partial charge < -0.3 is 15.1 Å². The Labute approximate surface area is 190 Å². The first kappa shape index (κ1) is 20.4. The van der Waals surface area contributed by atoms with Crippen LogP contribution in [0.3, 0.4) is 0 Å². The van der Waals surface area contributed by atoms with Crippen molar-refractivity contribution in [2.75, 3.05) is 43.4 Å². The summed E-state index contributed by atoms with van der Waals surface area (Å²) < 4.78 is 0. The number of pyridine rings is 1. The molecular formula is C24H23N5O2S. The minimum absolute atomic E-state index is 0.378. The Bertz CT molecular complexity index is 1180. The summed E-state index contributed by atoms with van der Waals surface area (Å²) in [5.41, 5.74) is 4.33. The molecule has 0 bridgehead atoms. The van der Waals surface area contributed by atoms with Crippen LogP contribution in [-0.2, 0) is 4.79 Å². The van der Waals surface area contributed by atoms with Crippen LogP contribution in [0.1, 0.15) is 15.9 Å². The Morgan fingerprint density at radius 1 is 1.00 bits per heavy atom. The van der Waals surface area contributed by atoms with Gasteiger partial charge in [0.1, 0.15) is 5.82 Å². The van der Waals surface area contributed by atoms with Crippen molar-refractivity contribution < 1.29 is 9.59 Å². The molecule has 4 heterocycles. The number of rotatable bonds is 4. The SMILES string of the molecule is CN1CCN(c2ccc(N/C=C3\C(=O)NC(=O)c4ccc(-c5ccsc5)cc43)cn2)CC1. The number of carbonyl (C=O) groups excluding carboxylic acids is 2. The number of nitrogens with zero attached hydrogens (tertiary/aromatic N) is 3. The second kappa shape index (κ2) is 8.57. The summed E-state index contributed by atoms with van der Waals surface area (Å²) in [5, 5.41) is 9.64. The summed E-state index contributed by atoms with van der Waals surface area (Å²) in [6.07, 6.45) is 3.41. The maximum Gasteiger partial charge on any atom is 0.260 e. The van der Waals surface area contributed by atoms with E-state index in [1.165, 1.54) is 0 Å². The minimum atomic E-state index is -0.417. The average Bonchev–Trinajstić information content (AvgIpc) is 3.35. The molecule has 0 atom stereocenters. The molecule has 5 rings (SSSR count). The molecule has 0 aliphatic carbocycles. The number of carbonyl (C=O) groups is 2. The van der Waals surface area contributed by atoms with Gasteiger partial charge in [-0.3, -0.25) is 14.9 Å². The minimum Gasteiger partial charge on any atom is -0.360 e. The maximum absolute atomic E-state index is 12.6. The number of benzene rings is 1. The van der Waals surface area contributed by atoms with E-state index in [1.807, 2.05) is 41.1 Å². The number of nitrogens with one attached hydrogen (secondary N) is 2. The fraction of sp³-hybridized carbons (Fsp3) is 0.208. The number of hydrogen-bond donors (Lipinski definition) is 2. The Kier molecular flexibility index (Phi) is 5.46. The lowest BCUT2D eigenvalue weighted by molar-refractivity contribution is -0.114. The van der Waals surface area contributed by atoms with Crippen molar-refractivity contribution in [1.29, 1.82) is 0 Å². The molecule has 2 amide bonds. The third-order valence-electron chi connectivity index (χ3n) is 5.84. The Morgan fingerprint density at radius 3 is 2.56 bits per heavy atom. The highest BCUT2D eigenvalue weighted by atomic mass is 32.1. The van der Waals surface area contributed by atoms with E-state index in [4.69, 9.17) is 0 Å². The molecule has 32 heavy (non-hydrogen) atoms. The van der Waals surface area contributed by atoms with Crippen LogP contribution in [-0.4, -0.2) is 54.9 Å². The first-order valence-corrected chi connectivity index (χ1v) is 11.4. The number of imide groups is 1. The van der Waals surface area contributed by atoms with Gasteiger partial charge in [0.15, 0.2) is 0 Å². The molecule has 2 aromatic heterocycles. The van der Waals surface area contributed by atoms with E-state index in [-0.39, 0.29) is 5.91 Å². The van der Waals surface area contributed by atoms with Gasteiger partial charge in [0.25, 0.3) is 11.8 Å². The fourth-order valence-electron chi connectivity index (χ4n) is 3.93. The molecule has 0 radical (unpaired) electrons. The standard InChI is InChI=1S/C24H23N5O2S/c1-28-7-9-29(10-8-28)22-5-3-18(13-26-22)25-14-21-20-12-16(17-6-11-32-15-17)2-4-19(20)23(30)27-24(21)31/h2-6,11-15,25H,7-10H2,1H3,(H,27,30,31)/b21-14-. The Balaban J connectivity index is 1.39. The van der Waals surface area contributed by atoms with Gasteiger partial charge in [-0.1, -0.05) is 6.07 Å². The van der Waals surface area contributed by atoms with Gasteiger partial charge in [-0.05, 0) is 59.3 Å². The van der Waals surface area contributed by atoms with Crippen LogP contribution < -0.4 is 15.5 Å². The van der Waals surface area contributed by atoms with Crippen LogP contribution in [0.15, 0.2) is 59.6 Å². The van der Waals surface area contributed by atoms with Crippen LogP contribution in [0.2, 0.25) is 0 Å². The average molecular weight is 446 g/mol. The second-order valence-electron chi connectivity index (χ2n) is 7.95. The smallest absolute Gasteiger partial charge is 0.260 e. The summed E-state index contributed by atoms with van der Waals surface area (Å²) >= 11 is 1.61. The summed E-state index contributed by atoms with van der Waals surface area (Å²) in [6.45, 7) is 3.96. The van der Waals surface area contributed by atoms with Gasteiger partial charge in [-0.25, -0.2) is 4.98 Å². The lowest BCUT2D eigenvalue weighted by Gasteiger charge is -2.33. The van der Waals surface area contributed by atoms with E-state index < -0.39 is 5.91 Å². The number of amides is 2. The van der Waals surface area contributed by atoms with Crippen LogP contribution in [0.25, 0.3) is 16.7 Å². The van der Waals surface area contributed by atoms with Crippen LogP contribution in [0.4, 0.5) is 11.5 Å². The number of anilines is 2. The normalized spacial score (nSPS) is 17.9. The van der Waals surface area contributed by atoms with Crippen LogP contribution in [0, 0.1) is 0 Å². The van der Waals surface area contributed by atoms with Gasteiger partial charge in [0, 0.05) is 43.5 Å². The molecule has 162 valence electrons. The molecule has 1 aromatic carbocycles. The topological polar surface area (TPSA) is 77.6 Å². The van der Waals surface area contributed by atoms with Crippen molar-refractivity contribution in [1.82, 2.24) is 15.2 Å². The van der Waals surface area contributed by atoms with E-state index in [9.17, 15) is 9.59 Å². The lowest BCUT2D eigenvalue weighted by atomic mass is 9.92. The molecule has 1 saturated heterocycles. The molecule has 0 unspecified atom stereocenters. The predicted molar refractivity (Wildman–Crippen MR) is 128 cm³/mol. The van der Waals surface area contributed by atoms with Gasteiger partial charge in [-0.15, -0.1) is 0 Å². The first-order valence-electron chi connectivity index (χ1n) is 10.5. The fourth-order valence-corrected chi connectivity index (χ4v) is 4.59. The zero-order valence-electron chi connectivity index (χ0n) is 17.7. The number of aromatic nitrogens is 1. The number of likely N-dealkylation sites (N-methyl/N-ethyl adjacent to an activating group) is 1. The first-order chi connectivity index (χ1) is 15.6. The largest absolute Gasteiger partial charge is 0.360 e. The summed E-state index contributed by atoms with van der Waals surface area (Å²) in [5.74, 6) is 0.153. The maximum atomic E-state index is 12.6. The summed E-state index contributed by atoms with van der Waals surface area (Å²) in [6, 6.07) is 11.5. The number of piperazine rings is 1. The Morgan fingerprint density at radius 2 is 1.84 bits per heavy atom. The predicted octanol–water partition coefficient (Wildman–Crippen LogP) is 3.28. The van der Waals surface area contributed by atoms with Gasteiger partial charge in [0.05, 0.1) is 17.5 Å². The molecule has 0 spiro atoms. The molecule has 2 aliphatic heterocycles. The van der Waals surface area contributed by atoms with Crippen molar-refractivity contribution in [3.05, 3.63) is 70.7 Å². The second-order valence-corrected chi connectivity index (χ2v) is 8.73. The van der Waals surface area contributed by atoms with Crippen molar-refractivity contribution in [2.24, 2.45) is 0 Å². The number of thiophene rings is 1. The Hall–Kier alpha value is -3.49. The third-order valence-corrected chi connectivity index (χ3v) is 6.52. The number of fused-ring (bicyclic) bond motifs is 1. The summed E-state index contributed by atoms with van der Waals surface area (Å²) in [4.78, 5) is 34.1. The number of hydrogen-bond acceptors (Lipinski definition) is 7. The van der Waals surface area contributed by atoms with E-state index in [2.05, 4.69) is 32.5 Å². The van der Waals surface area contributed by atoms with Gasteiger partial charge >= 0.3 is 0 Å². The zero-order valence-corrected chi connectivity index (χ0v) is 18.5. The van der Waals surface area contributed by atoms with Gasteiger partial charge in [-0.2, -0.15) is 11.3 Å². The van der Waals surface area contributed by atoms with E-state index in [1.54, 1.807) is 29.8 Å².